The monoisotopic (exact) mass is 281 g/mol. The van der Waals surface area contributed by atoms with E-state index in [0.29, 0.717) is 22.3 Å². The summed E-state index contributed by atoms with van der Waals surface area (Å²) in [4.78, 5) is 18.5. The van der Waals surface area contributed by atoms with Gasteiger partial charge >= 0.3 is 0 Å². The molecule has 0 unspecified atom stereocenters. The van der Waals surface area contributed by atoms with Crippen LogP contribution in [0.15, 0.2) is 12.3 Å². The zero-order chi connectivity index (χ0) is 13.8. The maximum atomic E-state index is 12.4. The third-order valence-electron chi connectivity index (χ3n) is 3.70. The molecule has 5 heteroatoms. The highest BCUT2D eigenvalue weighted by atomic mass is 35.5. The standard InChI is InChI=1S/C14H20ClN3O/c1-3-18(9-10-5-4-6-10)14(19)11-7-12(15)13(16-2)17-8-11/h7-8,10H,3-6,9H2,1-2H3,(H,16,17). The van der Waals surface area contributed by atoms with Gasteiger partial charge in [-0.05, 0) is 31.7 Å². The number of hydrogen-bond donors (Lipinski definition) is 1. The van der Waals surface area contributed by atoms with Gasteiger partial charge in [0, 0.05) is 26.3 Å². The quantitative estimate of drug-likeness (QED) is 0.902. The number of aromatic nitrogens is 1. The first-order chi connectivity index (χ1) is 9.15. The van der Waals surface area contributed by atoms with Gasteiger partial charge in [0.25, 0.3) is 5.91 Å². The lowest BCUT2D eigenvalue weighted by atomic mass is 9.85. The Morgan fingerprint density at radius 1 is 1.58 bits per heavy atom. The average Bonchev–Trinajstić information content (AvgIpc) is 2.37. The van der Waals surface area contributed by atoms with Gasteiger partial charge in [-0.25, -0.2) is 4.98 Å². The summed E-state index contributed by atoms with van der Waals surface area (Å²) < 4.78 is 0. The van der Waals surface area contributed by atoms with Crippen molar-refractivity contribution in [2.45, 2.75) is 26.2 Å². The Morgan fingerprint density at radius 2 is 2.32 bits per heavy atom. The van der Waals surface area contributed by atoms with E-state index in [9.17, 15) is 4.79 Å². The molecule has 1 aromatic rings. The molecule has 1 aromatic heterocycles. The van der Waals surface area contributed by atoms with Gasteiger partial charge in [0.15, 0.2) is 0 Å². The van der Waals surface area contributed by atoms with Crippen molar-refractivity contribution in [2.75, 3.05) is 25.5 Å². The number of rotatable bonds is 5. The number of nitrogens with zero attached hydrogens (tertiary/aromatic N) is 2. The number of hydrogen-bond acceptors (Lipinski definition) is 3. The second-order valence-electron chi connectivity index (χ2n) is 4.95. The molecule has 0 atom stereocenters. The first-order valence-corrected chi connectivity index (χ1v) is 7.16. The molecular formula is C14H20ClN3O. The predicted molar refractivity (Wildman–Crippen MR) is 77.7 cm³/mol. The van der Waals surface area contributed by atoms with Crippen molar-refractivity contribution >= 4 is 23.3 Å². The van der Waals surface area contributed by atoms with Crippen LogP contribution in [0.3, 0.4) is 0 Å². The fraction of sp³-hybridized carbons (Fsp3) is 0.571. The van der Waals surface area contributed by atoms with E-state index in [-0.39, 0.29) is 5.91 Å². The fourth-order valence-electron chi connectivity index (χ4n) is 2.26. The van der Waals surface area contributed by atoms with E-state index >= 15 is 0 Å². The molecule has 1 fully saturated rings. The molecule has 0 saturated heterocycles. The molecule has 19 heavy (non-hydrogen) atoms. The van der Waals surface area contributed by atoms with Crippen LogP contribution in [0, 0.1) is 5.92 Å². The van der Waals surface area contributed by atoms with Gasteiger partial charge in [-0.1, -0.05) is 18.0 Å². The Labute approximate surface area is 119 Å². The molecule has 1 saturated carbocycles. The Bertz CT molecular complexity index is 460. The maximum Gasteiger partial charge on any atom is 0.255 e. The lowest BCUT2D eigenvalue weighted by molar-refractivity contribution is 0.0706. The summed E-state index contributed by atoms with van der Waals surface area (Å²) in [6.07, 6.45) is 5.35. The van der Waals surface area contributed by atoms with Crippen LogP contribution in [-0.4, -0.2) is 35.9 Å². The van der Waals surface area contributed by atoms with Crippen molar-refractivity contribution in [2.24, 2.45) is 5.92 Å². The molecule has 1 aliphatic carbocycles. The van der Waals surface area contributed by atoms with Crippen LogP contribution in [0.4, 0.5) is 5.82 Å². The first-order valence-electron chi connectivity index (χ1n) is 6.78. The molecule has 0 spiro atoms. The number of halogens is 1. The van der Waals surface area contributed by atoms with Crippen LogP contribution in [-0.2, 0) is 0 Å². The van der Waals surface area contributed by atoms with E-state index in [2.05, 4.69) is 10.3 Å². The number of anilines is 1. The van der Waals surface area contributed by atoms with Crippen LogP contribution in [0.5, 0.6) is 0 Å². The van der Waals surface area contributed by atoms with Gasteiger partial charge in [-0.15, -0.1) is 0 Å². The average molecular weight is 282 g/mol. The highest BCUT2D eigenvalue weighted by Gasteiger charge is 2.23. The molecule has 4 nitrogen and oxygen atoms in total. The van der Waals surface area contributed by atoms with Crippen LogP contribution in [0.25, 0.3) is 0 Å². The number of pyridine rings is 1. The smallest absolute Gasteiger partial charge is 0.255 e. The Balaban J connectivity index is 2.09. The minimum atomic E-state index is 0.0199. The number of carbonyl (C=O) groups excluding carboxylic acids is 1. The van der Waals surface area contributed by atoms with E-state index < -0.39 is 0 Å². The van der Waals surface area contributed by atoms with Gasteiger partial charge in [0.05, 0.1) is 10.6 Å². The van der Waals surface area contributed by atoms with Crippen molar-refractivity contribution in [3.8, 4) is 0 Å². The van der Waals surface area contributed by atoms with E-state index in [4.69, 9.17) is 11.6 Å². The van der Waals surface area contributed by atoms with Crippen molar-refractivity contribution in [3.05, 3.63) is 22.8 Å². The second kappa shape index (κ2) is 6.24. The van der Waals surface area contributed by atoms with Gasteiger partial charge in [0.2, 0.25) is 0 Å². The molecule has 1 N–H and O–H groups in total. The lowest BCUT2D eigenvalue weighted by Gasteiger charge is -2.31. The third kappa shape index (κ3) is 3.18. The molecule has 0 radical (unpaired) electrons. The zero-order valence-corrected chi connectivity index (χ0v) is 12.2. The topological polar surface area (TPSA) is 45.2 Å². The summed E-state index contributed by atoms with van der Waals surface area (Å²) in [5.41, 5.74) is 0.560. The summed E-state index contributed by atoms with van der Waals surface area (Å²) in [5.74, 6) is 1.29. The summed E-state index contributed by atoms with van der Waals surface area (Å²) in [7, 11) is 1.75. The molecule has 104 valence electrons. The molecular weight excluding hydrogens is 262 g/mol. The van der Waals surface area contributed by atoms with Gasteiger partial charge in [-0.2, -0.15) is 0 Å². The number of nitrogens with one attached hydrogen (secondary N) is 1. The van der Waals surface area contributed by atoms with E-state index in [1.807, 2.05) is 11.8 Å². The predicted octanol–water partition coefficient (Wildman–Crippen LogP) is 3.04. The van der Waals surface area contributed by atoms with Crippen molar-refractivity contribution < 1.29 is 4.79 Å². The molecule has 0 aromatic carbocycles. The van der Waals surface area contributed by atoms with Crippen molar-refractivity contribution in [1.82, 2.24) is 9.88 Å². The van der Waals surface area contributed by atoms with Gasteiger partial charge in [0.1, 0.15) is 5.82 Å². The zero-order valence-electron chi connectivity index (χ0n) is 11.4. The molecule has 0 aliphatic heterocycles. The molecule has 1 heterocycles. The van der Waals surface area contributed by atoms with Crippen LogP contribution in [0.2, 0.25) is 5.02 Å². The second-order valence-corrected chi connectivity index (χ2v) is 5.35. The number of amides is 1. The summed E-state index contributed by atoms with van der Waals surface area (Å²) in [5, 5.41) is 3.37. The molecule has 2 rings (SSSR count). The van der Waals surface area contributed by atoms with Gasteiger partial charge in [-0.3, -0.25) is 4.79 Å². The maximum absolute atomic E-state index is 12.4. The van der Waals surface area contributed by atoms with Crippen molar-refractivity contribution in [3.63, 3.8) is 0 Å². The van der Waals surface area contributed by atoms with Crippen LogP contribution in [0.1, 0.15) is 36.5 Å². The minimum Gasteiger partial charge on any atom is -0.372 e. The fourth-order valence-corrected chi connectivity index (χ4v) is 2.52. The third-order valence-corrected chi connectivity index (χ3v) is 3.99. The van der Waals surface area contributed by atoms with E-state index in [0.717, 1.165) is 13.1 Å². The molecule has 0 bridgehead atoms. The van der Waals surface area contributed by atoms with Crippen LogP contribution >= 0.6 is 11.6 Å². The van der Waals surface area contributed by atoms with Crippen molar-refractivity contribution in [1.29, 1.82) is 0 Å². The normalized spacial score (nSPS) is 14.9. The Hall–Kier alpha value is -1.29. The lowest BCUT2D eigenvalue weighted by Crippen LogP contribution is -2.37. The van der Waals surface area contributed by atoms with Crippen LogP contribution < -0.4 is 5.32 Å². The SMILES string of the molecule is CCN(CC1CCC1)C(=O)c1cnc(NC)c(Cl)c1. The summed E-state index contributed by atoms with van der Waals surface area (Å²) in [6.45, 7) is 3.58. The van der Waals surface area contributed by atoms with Gasteiger partial charge < -0.3 is 10.2 Å². The molecule has 1 aliphatic rings. The Kier molecular flexibility index (Phi) is 4.64. The minimum absolute atomic E-state index is 0.0199. The Morgan fingerprint density at radius 3 is 2.79 bits per heavy atom. The summed E-state index contributed by atoms with van der Waals surface area (Å²) >= 11 is 6.07. The number of carbonyl (C=O) groups is 1. The molecule has 1 amide bonds. The highest BCUT2D eigenvalue weighted by Crippen LogP contribution is 2.28. The largest absolute Gasteiger partial charge is 0.372 e. The van der Waals surface area contributed by atoms with E-state index in [1.54, 1.807) is 19.3 Å². The summed E-state index contributed by atoms with van der Waals surface area (Å²) in [6, 6.07) is 1.69. The first kappa shape index (κ1) is 14.1. The highest BCUT2D eigenvalue weighted by molar-refractivity contribution is 6.33. The van der Waals surface area contributed by atoms with E-state index in [1.165, 1.54) is 19.3 Å².